The molecule has 1 rings (SSSR count). The predicted octanol–water partition coefficient (Wildman–Crippen LogP) is 0.514. The summed E-state index contributed by atoms with van der Waals surface area (Å²) in [5.74, 6) is 0. The molecule has 0 saturated heterocycles. The Morgan fingerprint density at radius 2 is 2.25 bits per heavy atom. The van der Waals surface area contributed by atoms with E-state index < -0.39 is 0 Å². The zero-order chi connectivity index (χ0) is 6.04. The first-order valence-electron chi connectivity index (χ1n) is 3.08. The molecule has 0 aliphatic heterocycles. The highest BCUT2D eigenvalue weighted by molar-refractivity contribution is 4.95. The van der Waals surface area contributed by atoms with Crippen molar-refractivity contribution in [3.63, 3.8) is 0 Å². The maximum absolute atomic E-state index is 5.35. The van der Waals surface area contributed by atoms with Crippen molar-refractivity contribution in [2.45, 2.75) is 24.9 Å². The first kappa shape index (κ1) is 6.05. The van der Waals surface area contributed by atoms with Gasteiger partial charge in [0.1, 0.15) is 0 Å². The second-order valence-electron chi connectivity index (χ2n) is 2.43. The van der Waals surface area contributed by atoms with Crippen LogP contribution in [-0.4, -0.2) is 19.3 Å². The molecule has 2 nitrogen and oxygen atoms in total. The highest BCUT2D eigenvalue weighted by Crippen LogP contribution is 2.41. The van der Waals surface area contributed by atoms with Crippen LogP contribution in [0.15, 0.2) is 0 Å². The van der Waals surface area contributed by atoms with Gasteiger partial charge in [-0.05, 0) is 25.8 Å². The van der Waals surface area contributed by atoms with Crippen LogP contribution in [0.4, 0.5) is 0 Å². The standard InChI is InChI=1S/C6H13NO/c1-8-6(2-3-6)4-5-7/h2-5,7H2,1H3. The van der Waals surface area contributed by atoms with E-state index in [1.807, 2.05) is 0 Å². The van der Waals surface area contributed by atoms with Gasteiger partial charge in [0.05, 0.1) is 5.60 Å². The lowest BCUT2D eigenvalue weighted by molar-refractivity contribution is 0.0750. The first-order valence-corrected chi connectivity index (χ1v) is 3.08. The van der Waals surface area contributed by atoms with E-state index in [9.17, 15) is 0 Å². The molecule has 1 aliphatic carbocycles. The van der Waals surface area contributed by atoms with E-state index in [4.69, 9.17) is 10.5 Å². The van der Waals surface area contributed by atoms with E-state index in [-0.39, 0.29) is 5.60 Å². The lowest BCUT2D eigenvalue weighted by atomic mass is 10.2. The zero-order valence-corrected chi connectivity index (χ0v) is 5.31. The Kier molecular flexibility index (Phi) is 1.54. The van der Waals surface area contributed by atoms with Gasteiger partial charge < -0.3 is 10.5 Å². The molecule has 0 amide bonds. The molecule has 0 aromatic carbocycles. The fourth-order valence-electron chi connectivity index (χ4n) is 0.959. The van der Waals surface area contributed by atoms with Crippen molar-refractivity contribution in [3.8, 4) is 0 Å². The monoisotopic (exact) mass is 115 g/mol. The molecule has 0 unspecified atom stereocenters. The molecule has 0 heterocycles. The van der Waals surface area contributed by atoms with E-state index in [1.54, 1.807) is 7.11 Å². The summed E-state index contributed by atoms with van der Waals surface area (Å²) in [7, 11) is 1.77. The average Bonchev–Trinajstić information content (AvgIpc) is 2.50. The topological polar surface area (TPSA) is 35.2 Å². The molecule has 2 N–H and O–H groups in total. The third kappa shape index (κ3) is 1.01. The van der Waals surface area contributed by atoms with Gasteiger partial charge in [-0.25, -0.2) is 0 Å². The zero-order valence-electron chi connectivity index (χ0n) is 5.31. The lowest BCUT2D eigenvalue weighted by Gasteiger charge is -2.09. The van der Waals surface area contributed by atoms with E-state index in [0.717, 1.165) is 13.0 Å². The van der Waals surface area contributed by atoms with Gasteiger partial charge in [0, 0.05) is 7.11 Å². The summed E-state index contributed by atoms with van der Waals surface area (Å²) in [6.45, 7) is 0.758. The maximum atomic E-state index is 5.35. The minimum absolute atomic E-state index is 0.217. The number of hydrogen-bond donors (Lipinski definition) is 1. The van der Waals surface area contributed by atoms with Crippen molar-refractivity contribution in [2.24, 2.45) is 5.73 Å². The lowest BCUT2D eigenvalue weighted by Crippen LogP contribution is -2.16. The molecular formula is C6H13NO. The van der Waals surface area contributed by atoms with Crippen LogP contribution in [0.3, 0.4) is 0 Å². The van der Waals surface area contributed by atoms with Crippen molar-refractivity contribution >= 4 is 0 Å². The van der Waals surface area contributed by atoms with Gasteiger partial charge in [-0.1, -0.05) is 0 Å². The number of hydrogen-bond acceptors (Lipinski definition) is 2. The Balaban J connectivity index is 2.20. The summed E-state index contributed by atoms with van der Waals surface area (Å²) < 4.78 is 5.21. The summed E-state index contributed by atoms with van der Waals surface area (Å²) in [6.07, 6.45) is 3.45. The summed E-state index contributed by atoms with van der Waals surface area (Å²) in [5, 5.41) is 0. The van der Waals surface area contributed by atoms with Crippen molar-refractivity contribution in [1.82, 2.24) is 0 Å². The minimum atomic E-state index is 0.217. The van der Waals surface area contributed by atoms with Crippen LogP contribution < -0.4 is 5.73 Å². The summed E-state index contributed by atoms with van der Waals surface area (Å²) in [6, 6.07) is 0. The van der Waals surface area contributed by atoms with Crippen LogP contribution in [0, 0.1) is 0 Å². The molecular weight excluding hydrogens is 102 g/mol. The fourth-order valence-corrected chi connectivity index (χ4v) is 0.959. The van der Waals surface area contributed by atoms with E-state index in [0.29, 0.717) is 0 Å². The summed E-state index contributed by atoms with van der Waals surface area (Å²) in [4.78, 5) is 0. The van der Waals surface area contributed by atoms with Crippen LogP contribution in [0.5, 0.6) is 0 Å². The van der Waals surface area contributed by atoms with Crippen LogP contribution in [-0.2, 0) is 4.74 Å². The molecule has 0 spiro atoms. The van der Waals surface area contributed by atoms with Gasteiger partial charge >= 0.3 is 0 Å². The highest BCUT2D eigenvalue weighted by atomic mass is 16.5. The third-order valence-electron chi connectivity index (χ3n) is 1.84. The molecule has 2 heteroatoms. The Morgan fingerprint density at radius 1 is 1.62 bits per heavy atom. The average molecular weight is 115 g/mol. The second-order valence-corrected chi connectivity index (χ2v) is 2.43. The van der Waals surface area contributed by atoms with Crippen molar-refractivity contribution < 1.29 is 4.74 Å². The smallest absolute Gasteiger partial charge is 0.0693 e. The molecule has 1 fully saturated rings. The van der Waals surface area contributed by atoms with E-state index >= 15 is 0 Å². The molecule has 0 atom stereocenters. The van der Waals surface area contributed by atoms with E-state index in [1.165, 1.54) is 12.8 Å². The highest BCUT2D eigenvalue weighted by Gasteiger charge is 2.41. The van der Waals surface area contributed by atoms with Gasteiger partial charge in [-0.15, -0.1) is 0 Å². The number of methoxy groups -OCH3 is 1. The number of rotatable bonds is 3. The van der Waals surface area contributed by atoms with Gasteiger partial charge in [0.25, 0.3) is 0 Å². The van der Waals surface area contributed by atoms with Gasteiger partial charge in [0.15, 0.2) is 0 Å². The molecule has 0 aromatic rings. The Morgan fingerprint density at radius 3 is 2.38 bits per heavy atom. The van der Waals surface area contributed by atoms with Crippen molar-refractivity contribution in [1.29, 1.82) is 0 Å². The largest absolute Gasteiger partial charge is 0.378 e. The Hall–Kier alpha value is -0.0800. The first-order chi connectivity index (χ1) is 3.83. The van der Waals surface area contributed by atoms with Crippen molar-refractivity contribution in [2.75, 3.05) is 13.7 Å². The van der Waals surface area contributed by atoms with Crippen LogP contribution in [0.2, 0.25) is 0 Å². The summed E-state index contributed by atoms with van der Waals surface area (Å²) >= 11 is 0. The second kappa shape index (κ2) is 2.03. The molecule has 0 radical (unpaired) electrons. The van der Waals surface area contributed by atoms with Crippen LogP contribution in [0.1, 0.15) is 19.3 Å². The van der Waals surface area contributed by atoms with Crippen molar-refractivity contribution in [3.05, 3.63) is 0 Å². The quantitative estimate of drug-likeness (QED) is 0.581. The molecule has 1 aliphatic rings. The van der Waals surface area contributed by atoms with E-state index in [2.05, 4.69) is 0 Å². The molecule has 8 heavy (non-hydrogen) atoms. The Bertz CT molecular complexity index is 78.6. The molecule has 48 valence electrons. The fraction of sp³-hybridized carbons (Fsp3) is 1.00. The van der Waals surface area contributed by atoms with Crippen LogP contribution >= 0.6 is 0 Å². The summed E-state index contributed by atoms with van der Waals surface area (Å²) in [5.41, 5.74) is 5.57. The molecule has 1 saturated carbocycles. The van der Waals surface area contributed by atoms with Crippen LogP contribution in [0.25, 0.3) is 0 Å². The van der Waals surface area contributed by atoms with Gasteiger partial charge in [-0.3, -0.25) is 0 Å². The maximum Gasteiger partial charge on any atom is 0.0693 e. The number of ether oxygens (including phenoxy) is 1. The van der Waals surface area contributed by atoms with Gasteiger partial charge in [-0.2, -0.15) is 0 Å². The third-order valence-corrected chi connectivity index (χ3v) is 1.84. The van der Waals surface area contributed by atoms with Gasteiger partial charge in [0.2, 0.25) is 0 Å². The Labute approximate surface area is 50.0 Å². The number of nitrogens with two attached hydrogens (primary N) is 1. The predicted molar refractivity (Wildman–Crippen MR) is 32.6 cm³/mol. The molecule has 0 bridgehead atoms. The normalized spacial score (nSPS) is 23.2. The SMILES string of the molecule is COC1(CCN)CC1. The minimum Gasteiger partial charge on any atom is -0.378 e. The molecule has 0 aromatic heterocycles.